The molecule has 0 spiro atoms. The molecule has 1 radical (unpaired) electrons. The average Bonchev–Trinajstić information content (AvgIpc) is 3.10. The third-order valence-corrected chi connectivity index (χ3v) is 2.87. The Bertz CT molecular complexity index is 317. The second-order valence-corrected chi connectivity index (χ2v) is 4.19. The fourth-order valence-electron chi connectivity index (χ4n) is 1.78. The lowest BCUT2D eigenvalue weighted by Crippen LogP contribution is -2.36. The zero-order valence-corrected chi connectivity index (χ0v) is 8.78. The van der Waals surface area contributed by atoms with E-state index in [2.05, 4.69) is 6.42 Å². The van der Waals surface area contributed by atoms with Gasteiger partial charge in [-0.05, 0) is 38.0 Å². The van der Waals surface area contributed by atoms with Gasteiger partial charge in [-0.2, -0.15) is 5.26 Å². The van der Waals surface area contributed by atoms with Crippen LogP contribution < -0.4 is 0 Å². The van der Waals surface area contributed by atoms with E-state index >= 15 is 0 Å². The summed E-state index contributed by atoms with van der Waals surface area (Å²) in [6.07, 6.45) is 8.21. The Morgan fingerprint density at radius 2 is 2.07 bits per heavy atom. The molecule has 1 saturated carbocycles. The van der Waals surface area contributed by atoms with Gasteiger partial charge in [0, 0.05) is 13.1 Å². The molecule has 15 heavy (non-hydrogen) atoms. The maximum Gasteiger partial charge on any atom is 0.264 e. The van der Waals surface area contributed by atoms with E-state index in [1.165, 1.54) is 0 Å². The van der Waals surface area contributed by atoms with Crippen LogP contribution >= 0.6 is 0 Å². The SMILES string of the molecule is N#C/C(=C/C1CC1)C(=O)N1CC[CH]CC1. The molecule has 1 aliphatic carbocycles. The molecule has 0 aromatic rings. The Kier molecular flexibility index (Phi) is 3.05. The van der Waals surface area contributed by atoms with Gasteiger partial charge in [-0.3, -0.25) is 4.79 Å². The van der Waals surface area contributed by atoms with Crippen molar-refractivity contribution >= 4 is 5.91 Å². The zero-order valence-electron chi connectivity index (χ0n) is 8.78. The predicted octanol–water partition coefficient (Wildman–Crippen LogP) is 1.67. The molecule has 79 valence electrons. The normalized spacial score (nSPS) is 22.3. The molecule has 3 heteroatoms. The summed E-state index contributed by atoms with van der Waals surface area (Å²) in [6.45, 7) is 1.53. The Morgan fingerprint density at radius 1 is 1.40 bits per heavy atom. The maximum atomic E-state index is 11.9. The van der Waals surface area contributed by atoms with Gasteiger partial charge in [-0.25, -0.2) is 0 Å². The van der Waals surface area contributed by atoms with Crippen molar-refractivity contribution < 1.29 is 4.79 Å². The average molecular weight is 203 g/mol. The molecule has 0 atom stereocenters. The zero-order chi connectivity index (χ0) is 10.7. The van der Waals surface area contributed by atoms with Gasteiger partial charge in [0.1, 0.15) is 11.6 Å². The number of hydrogen-bond donors (Lipinski definition) is 0. The molecule has 3 nitrogen and oxygen atoms in total. The summed E-state index contributed by atoms with van der Waals surface area (Å²) in [5.74, 6) is 0.414. The molecule has 0 N–H and O–H groups in total. The number of allylic oxidation sites excluding steroid dienone is 1. The number of nitrogens with zero attached hydrogens (tertiary/aromatic N) is 2. The molecule has 1 aliphatic heterocycles. The van der Waals surface area contributed by atoms with Crippen LogP contribution in [0.3, 0.4) is 0 Å². The molecule has 2 fully saturated rings. The van der Waals surface area contributed by atoms with Crippen LogP contribution in [0, 0.1) is 23.7 Å². The van der Waals surface area contributed by atoms with Crippen molar-refractivity contribution in [1.82, 2.24) is 4.90 Å². The highest BCUT2D eigenvalue weighted by Gasteiger charge is 2.24. The van der Waals surface area contributed by atoms with E-state index in [0.29, 0.717) is 11.5 Å². The van der Waals surface area contributed by atoms with E-state index in [1.54, 1.807) is 4.90 Å². The molecule has 0 aromatic carbocycles. The van der Waals surface area contributed by atoms with Crippen LogP contribution in [0.1, 0.15) is 25.7 Å². The monoisotopic (exact) mass is 203 g/mol. The second-order valence-electron chi connectivity index (χ2n) is 4.19. The number of carbonyl (C=O) groups excluding carboxylic acids is 1. The minimum atomic E-state index is -0.0718. The van der Waals surface area contributed by atoms with Crippen molar-refractivity contribution in [3.8, 4) is 6.07 Å². The first kappa shape index (κ1) is 10.2. The molecule has 1 amide bonds. The molecule has 0 unspecified atom stereocenters. The second kappa shape index (κ2) is 4.48. The highest BCUT2D eigenvalue weighted by molar-refractivity contribution is 5.97. The molecule has 0 aromatic heterocycles. The summed E-state index contributed by atoms with van der Waals surface area (Å²) in [4.78, 5) is 13.7. The van der Waals surface area contributed by atoms with Gasteiger partial charge in [0.15, 0.2) is 0 Å². The number of carbonyl (C=O) groups is 1. The quantitative estimate of drug-likeness (QED) is 0.506. The minimum Gasteiger partial charge on any atom is -0.338 e. The van der Waals surface area contributed by atoms with Crippen LogP contribution in [0.4, 0.5) is 0 Å². The summed E-state index contributed by atoms with van der Waals surface area (Å²) in [7, 11) is 0. The van der Waals surface area contributed by atoms with E-state index in [4.69, 9.17) is 5.26 Å². The van der Waals surface area contributed by atoms with Crippen molar-refractivity contribution in [2.45, 2.75) is 25.7 Å². The predicted molar refractivity (Wildman–Crippen MR) is 56.5 cm³/mol. The topological polar surface area (TPSA) is 44.1 Å². The van der Waals surface area contributed by atoms with Gasteiger partial charge in [0.25, 0.3) is 5.91 Å². The lowest BCUT2D eigenvalue weighted by atomic mass is 10.1. The molecular formula is C12H15N2O. The van der Waals surface area contributed by atoms with E-state index in [9.17, 15) is 4.79 Å². The van der Waals surface area contributed by atoms with Crippen LogP contribution in [-0.2, 0) is 4.79 Å². The Balaban J connectivity index is 2.00. The van der Waals surface area contributed by atoms with Crippen molar-refractivity contribution in [3.63, 3.8) is 0 Å². The van der Waals surface area contributed by atoms with E-state index in [0.717, 1.165) is 38.8 Å². The van der Waals surface area contributed by atoms with E-state index in [1.807, 2.05) is 12.1 Å². The fourth-order valence-corrected chi connectivity index (χ4v) is 1.78. The summed E-state index contributed by atoms with van der Waals surface area (Å²) < 4.78 is 0. The molecule has 2 rings (SSSR count). The van der Waals surface area contributed by atoms with Crippen molar-refractivity contribution in [2.75, 3.05) is 13.1 Å². The van der Waals surface area contributed by atoms with Crippen LogP contribution in [0.15, 0.2) is 11.6 Å². The summed E-state index contributed by atoms with van der Waals surface area (Å²) in [5.41, 5.74) is 0.347. The maximum absolute atomic E-state index is 11.9. The number of nitriles is 1. The first-order chi connectivity index (χ1) is 7.31. The Hall–Kier alpha value is -1.30. The van der Waals surface area contributed by atoms with Gasteiger partial charge in [-0.1, -0.05) is 6.08 Å². The number of amides is 1. The summed E-state index contributed by atoms with van der Waals surface area (Å²) in [6, 6.07) is 2.03. The van der Waals surface area contributed by atoms with E-state index in [-0.39, 0.29) is 5.91 Å². The van der Waals surface area contributed by atoms with Gasteiger partial charge in [0.05, 0.1) is 0 Å². The fraction of sp³-hybridized carbons (Fsp3) is 0.583. The van der Waals surface area contributed by atoms with Gasteiger partial charge >= 0.3 is 0 Å². The lowest BCUT2D eigenvalue weighted by Gasteiger charge is -2.26. The van der Waals surface area contributed by atoms with Crippen LogP contribution in [0.25, 0.3) is 0 Å². The third kappa shape index (κ3) is 2.59. The number of hydrogen-bond acceptors (Lipinski definition) is 2. The van der Waals surface area contributed by atoms with Crippen LogP contribution in [0.5, 0.6) is 0 Å². The lowest BCUT2D eigenvalue weighted by molar-refractivity contribution is -0.127. The smallest absolute Gasteiger partial charge is 0.264 e. The Morgan fingerprint density at radius 3 is 2.60 bits per heavy atom. The summed E-state index contributed by atoms with van der Waals surface area (Å²) >= 11 is 0. The standard InChI is InChI=1S/C12H15N2O/c13-9-11(8-10-4-5-10)12(15)14-6-2-1-3-7-14/h1,8,10H,2-7H2/b11-8-. The first-order valence-corrected chi connectivity index (χ1v) is 5.54. The Labute approximate surface area is 90.4 Å². The van der Waals surface area contributed by atoms with Crippen LogP contribution in [-0.4, -0.2) is 23.9 Å². The molecule has 1 saturated heterocycles. The number of likely N-dealkylation sites (tertiary alicyclic amines) is 1. The van der Waals surface area contributed by atoms with Gasteiger partial charge in [0.2, 0.25) is 0 Å². The van der Waals surface area contributed by atoms with E-state index < -0.39 is 0 Å². The molecule has 2 aliphatic rings. The van der Waals surface area contributed by atoms with Gasteiger partial charge < -0.3 is 4.90 Å². The third-order valence-electron chi connectivity index (χ3n) is 2.87. The van der Waals surface area contributed by atoms with Crippen LogP contribution in [0.2, 0.25) is 0 Å². The van der Waals surface area contributed by atoms with Crippen molar-refractivity contribution in [1.29, 1.82) is 5.26 Å². The largest absolute Gasteiger partial charge is 0.338 e. The number of piperidine rings is 1. The first-order valence-electron chi connectivity index (χ1n) is 5.54. The van der Waals surface area contributed by atoms with Crippen molar-refractivity contribution in [3.05, 3.63) is 18.1 Å². The highest BCUT2D eigenvalue weighted by Crippen LogP contribution is 2.31. The molecule has 0 bridgehead atoms. The number of rotatable bonds is 2. The van der Waals surface area contributed by atoms with Gasteiger partial charge in [-0.15, -0.1) is 0 Å². The van der Waals surface area contributed by atoms with Crippen molar-refractivity contribution in [2.24, 2.45) is 5.92 Å². The molecule has 1 heterocycles. The highest BCUT2D eigenvalue weighted by atomic mass is 16.2. The molecular weight excluding hydrogens is 188 g/mol. The summed E-state index contributed by atoms with van der Waals surface area (Å²) in [5, 5.41) is 8.93. The minimum absolute atomic E-state index is 0.0718.